The molecule has 2 N–H and O–H groups in total. The van der Waals surface area contributed by atoms with Crippen LogP contribution in [0.25, 0.3) is 0 Å². The number of nitrogens with zero attached hydrogens (tertiary/aromatic N) is 1. The number of hydrogen-bond donors (Lipinski definition) is 2. The zero-order valence-corrected chi connectivity index (χ0v) is 24.1. The SMILES string of the molecule is C.C.CC.CC.CC(C)(C(=O)O)c1ccccc1.CN(C)C(=O)C(C)(C)c1ccccc1.CNC.[B].[B]. The van der Waals surface area contributed by atoms with Crippen molar-refractivity contribution in [3.8, 4) is 0 Å². The molecule has 2 aromatic carbocycles. The average molecular weight is 514 g/mol. The maximum atomic E-state index is 11.9. The summed E-state index contributed by atoms with van der Waals surface area (Å²) in [6.07, 6.45) is 0. The van der Waals surface area contributed by atoms with E-state index in [-0.39, 0.29) is 37.6 Å². The molecular formula is C30H56B2N2O3. The molecule has 2 rings (SSSR count). The first-order valence-corrected chi connectivity index (χ1v) is 11.6. The highest BCUT2D eigenvalue weighted by atomic mass is 16.4. The largest absolute Gasteiger partial charge is 0.481 e. The standard InChI is InChI=1S/C12H17NO.C10H12O2.C2H7N.2C2H6.2CH4.2B/c1-12(2,11(14)13(3)4)10-8-6-5-7-9-10;1-10(2,9(11)12)8-6-4-3-5-7-8;1-3-2;2*1-2;;;;/h5-9H,1-4H3;3-7H,1-2H3,(H,11,12);3H,1-2H3;2*1-2H3;2*1H4;;. The minimum atomic E-state index is -0.797. The zero-order valence-electron chi connectivity index (χ0n) is 24.1. The van der Waals surface area contributed by atoms with Crippen LogP contribution in [0.3, 0.4) is 0 Å². The Morgan fingerprint density at radius 2 is 0.919 bits per heavy atom. The quantitative estimate of drug-likeness (QED) is 0.457. The Morgan fingerprint density at radius 3 is 1.14 bits per heavy atom. The maximum Gasteiger partial charge on any atom is 0.313 e. The van der Waals surface area contributed by atoms with Crippen LogP contribution in [0.15, 0.2) is 60.7 Å². The van der Waals surface area contributed by atoms with Crippen LogP contribution in [0.2, 0.25) is 0 Å². The van der Waals surface area contributed by atoms with Gasteiger partial charge in [0.2, 0.25) is 5.91 Å². The number of carbonyl (C=O) groups is 2. The van der Waals surface area contributed by atoms with Crippen LogP contribution in [0.4, 0.5) is 0 Å². The highest BCUT2D eigenvalue weighted by Crippen LogP contribution is 2.24. The first-order valence-electron chi connectivity index (χ1n) is 11.6. The van der Waals surface area contributed by atoms with Crippen molar-refractivity contribution in [3.63, 3.8) is 0 Å². The van der Waals surface area contributed by atoms with E-state index in [1.165, 1.54) is 0 Å². The number of hydrogen-bond acceptors (Lipinski definition) is 3. The van der Waals surface area contributed by atoms with Gasteiger partial charge in [0.25, 0.3) is 0 Å². The molecule has 0 saturated heterocycles. The molecular weight excluding hydrogens is 458 g/mol. The summed E-state index contributed by atoms with van der Waals surface area (Å²) in [5, 5.41) is 11.6. The van der Waals surface area contributed by atoms with Gasteiger partial charge in [0.15, 0.2) is 0 Å². The van der Waals surface area contributed by atoms with Crippen molar-refractivity contribution >= 4 is 28.7 Å². The molecule has 2 aromatic rings. The fraction of sp³-hybridized carbons (Fsp3) is 0.533. The third-order valence-electron chi connectivity index (χ3n) is 4.47. The molecule has 0 spiro atoms. The second kappa shape index (κ2) is 28.0. The van der Waals surface area contributed by atoms with Crippen molar-refractivity contribution in [1.82, 2.24) is 10.2 Å². The highest BCUT2D eigenvalue weighted by molar-refractivity contribution is 5.87. The third-order valence-corrected chi connectivity index (χ3v) is 4.47. The summed E-state index contributed by atoms with van der Waals surface area (Å²) in [4.78, 5) is 24.3. The lowest BCUT2D eigenvalue weighted by Gasteiger charge is -2.27. The normalized spacial score (nSPS) is 8.65. The van der Waals surface area contributed by atoms with E-state index in [1.54, 1.807) is 32.8 Å². The predicted octanol–water partition coefficient (Wildman–Crippen LogP) is 6.50. The fourth-order valence-corrected chi connectivity index (χ4v) is 2.52. The molecule has 210 valence electrons. The molecule has 0 aliphatic heterocycles. The fourth-order valence-electron chi connectivity index (χ4n) is 2.52. The molecule has 0 aliphatic carbocycles. The van der Waals surface area contributed by atoms with Gasteiger partial charge >= 0.3 is 5.97 Å². The van der Waals surface area contributed by atoms with Crippen molar-refractivity contribution in [1.29, 1.82) is 0 Å². The number of aliphatic carboxylic acids is 1. The van der Waals surface area contributed by atoms with Crippen molar-refractivity contribution in [3.05, 3.63) is 71.8 Å². The van der Waals surface area contributed by atoms with Crippen LogP contribution in [-0.4, -0.2) is 66.9 Å². The summed E-state index contributed by atoms with van der Waals surface area (Å²) in [6.45, 7) is 15.3. The highest BCUT2D eigenvalue weighted by Gasteiger charge is 2.30. The minimum absolute atomic E-state index is 0. The number of likely N-dealkylation sites (N-methyl/N-ethyl adjacent to an activating group) is 1. The van der Waals surface area contributed by atoms with Crippen molar-refractivity contribution in [2.75, 3.05) is 28.2 Å². The Balaban J connectivity index is -0.0000000723. The van der Waals surface area contributed by atoms with E-state index in [2.05, 4.69) is 5.32 Å². The number of amides is 1. The smallest absolute Gasteiger partial charge is 0.313 e. The van der Waals surface area contributed by atoms with Crippen LogP contribution >= 0.6 is 0 Å². The van der Waals surface area contributed by atoms with Gasteiger partial charge in [0.05, 0.1) is 10.8 Å². The average Bonchev–Trinajstić information content (AvgIpc) is 2.83. The van der Waals surface area contributed by atoms with Gasteiger partial charge in [-0.15, -0.1) is 0 Å². The molecule has 5 nitrogen and oxygen atoms in total. The molecule has 0 atom stereocenters. The Labute approximate surface area is 234 Å². The van der Waals surface area contributed by atoms with Crippen molar-refractivity contribution in [2.24, 2.45) is 0 Å². The van der Waals surface area contributed by atoms with E-state index in [0.29, 0.717) is 0 Å². The van der Waals surface area contributed by atoms with E-state index < -0.39 is 16.8 Å². The number of carbonyl (C=O) groups excluding carboxylic acids is 1. The lowest BCUT2D eigenvalue weighted by Crippen LogP contribution is -2.39. The van der Waals surface area contributed by atoms with Gasteiger partial charge in [-0.2, -0.15) is 0 Å². The van der Waals surface area contributed by atoms with Gasteiger partial charge in [-0.25, -0.2) is 0 Å². The van der Waals surface area contributed by atoms with Crippen molar-refractivity contribution < 1.29 is 14.7 Å². The van der Waals surface area contributed by atoms with Crippen LogP contribution in [-0.2, 0) is 20.4 Å². The molecule has 0 fully saturated rings. The van der Waals surface area contributed by atoms with Gasteiger partial charge in [-0.1, -0.05) is 103 Å². The molecule has 0 heterocycles. The number of carboxylic acids is 1. The first kappa shape index (κ1) is 51.2. The summed E-state index contributed by atoms with van der Waals surface area (Å²) in [5.74, 6) is -0.669. The predicted molar refractivity (Wildman–Crippen MR) is 168 cm³/mol. The Bertz CT molecular complexity index is 752. The molecule has 7 heteroatoms. The summed E-state index contributed by atoms with van der Waals surface area (Å²) in [6, 6.07) is 19.1. The summed E-state index contributed by atoms with van der Waals surface area (Å²) >= 11 is 0. The van der Waals surface area contributed by atoms with E-state index in [0.717, 1.165) is 11.1 Å². The van der Waals surface area contributed by atoms with E-state index >= 15 is 0 Å². The second-order valence-corrected chi connectivity index (χ2v) is 7.99. The van der Waals surface area contributed by atoms with Crippen LogP contribution in [0.5, 0.6) is 0 Å². The zero-order chi connectivity index (χ0) is 26.7. The summed E-state index contributed by atoms with van der Waals surface area (Å²) in [5.41, 5.74) is 0.655. The van der Waals surface area contributed by atoms with Crippen LogP contribution < -0.4 is 5.32 Å². The monoisotopic (exact) mass is 514 g/mol. The molecule has 0 saturated carbocycles. The third kappa shape index (κ3) is 19.3. The number of nitrogens with one attached hydrogen (secondary N) is 1. The van der Waals surface area contributed by atoms with Crippen LogP contribution in [0, 0.1) is 0 Å². The van der Waals surface area contributed by atoms with E-state index in [9.17, 15) is 9.59 Å². The molecule has 0 bridgehead atoms. The van der Waals surface area contributed by atoms with Gasteiger partial charge in [0, 0.05) is 30.9 Å². The summed E-state index contributed by atoms with van der Waals surface area (Å²) < 4.78 is 0. The lowest BCUT2D eigenvalue weighted by molar-refractivity contribution is -0.142. The van der Waals surface area contributed by atoms with E-state index in [1.807, 2.05) is 116 Å². The number of carboxylic acid groups (broad SMARTS) is 1. The molecule has 6 radical (unpaired) electrons. The topological polar surface area (TPSA) is 69.6 Å². The molecule has 37 heavy (non-hydrogen) atoms. The lowest BCUT2D eigenvalue weighted by atomic mass is 9.83. The Kier molecular flexibility index (Phi) is 38.8. The van der Waals surface area contributed by atoms with Gasteiger partial charge in [0.1, 0.15) is 0 Å². The molecule has 0 aromatic heterocycles. The van der Waals surface area contributed by atoms with Gasteiger partial charge < -0.3 is 15.3 Å². The summed E-state index contributed by atoms with van der Waals surface area (Å²) in [7, 11) is 7.32. The van der Waals surface area contributed by atoms with Gasteiger partial charge in [-0.05, 0) is 52.9 Å². The second-order valence-electron chi connectivity index (χ2n) is 7.99. The van der Waals surface area contributed by atoms with Gasteiger partial charge in [-0.3, -0.25) is 9.59 Å². The maximum absolute atomic E-state index is 11.9. The molecule has 0 unspecified atom stereocenters. The Hall–Kier alpha value is -2.53. The van der Waals surface area contributed by atoms with Crippen LogP contribution in [0.1, 0.15) is 81.4 Å². The Morgan fingerprint density at radius 1 is 0.676 bits per heavy atom. The number of rotatable bonds is 4. The van der Waals surface area contributed by atoms with E-state index in [4.69, 9.17) is 5.11 Å². The van der Waals surface area contributed by atoms with Crippen molar-refractivity contribution in [2.45, 2.75) is 81.1 Å². The molecule has 0 aliphatic rings. The minimum Gasteiger partial charge on any atom is -0.481 e. The first-order chi connectivity index (χ1) is 15.4. The number of benzene rings is 2. The molecule has 1 amide bonds.